The molecule has 1 aliphatic heterocycles. The van der Waals surface area contributed by atoms with E-state index < -0.39 is 0 Å². The van der Waals surface area contributed by atoms with Crippen molar-refractivity contribution in [2.24, 2.45) is 11.8 Å². The summed E-state index contributed by atoms with van der Waals surface area (Å²) in [6, 6.07) is 0. The lowest BCUT2D eigenvalue weighted by atomic mass is 9.81. The molecule has 1 heterocycles. The largest absolute Gasteiger partial charge is 0.465 e. The van der Waals surface area contributed by atoms with Crippen LogP contribution in [0.1, 0.15) is 32.6 Å². The molecule has 0 aromatic rings. The minimum absolute atomic E-state index is 0.0399. The quantitative estimate of drug-likeness (QED) is 0.525. The molecule has 0 N–H and O–H groups in total. The summed E-state index contributed by atoms with van der Waals surface area (Å²) in [5.74, 6) is 0.554. The Kier molecular flexibility index (Phi) is 2.89. The van der Waals surface area contributed by atoms with Crippen LogP contribution in [0.4, 0.5) is 0 Å². The Morgan fingerprint density at radius 1 is 1.60 bits per heavy atom. The molecule has 2 atom stereocenters. The number of allylic oxidation sites excluding steroid dienone is 1. The maximum atomic E-state index is 11.3. The first-order valence-electron chi connectivity index (χ1n) is 5.52. The predicted molar refractivity (Wildman–Crippen MR) is 55.2 cm³/mol. The van der Waals surface area contributed by atoms with Gasteiger partial charge in [0, 0.05) is 12.3 Å². The van der Waals surface area contributed by atoms with Crippen molar-refractivity contribution in [1.82, 2.24) is 0 Å². The zero-order chi connectivity index (χ0) is 10.8. The van der Waals surface area contributed by atoms with Crippen molar-refractivity contribution in [2.75, 3.05) is 6.61 Å². The SMILES string of the molecule is CC(=O)CCC1=C[C@@H]2COC(=O)[C@@H]2CC1. The molecule has 0 aromatic carbocycles. The molecular formula is C12H16O3. The van der Waals surface area contributed by atoms with Crippen molar-refractivity contribution in [2.45, 2.75) is 32.6 Å². The van der Waals surface area contributed by atoms with Gasteiger partial charge >= 0.3 is 5.97 Å². The van der Waals surface area contributed by atoms with Crippen LogP contribution in [0, 0.1) is 11.8 Å². The first kappa shape index (κ1) is 10.4. The van der Waals surface area contributed by atoms with Crippen molar-refractivity contribution < 1.29 is 14.3 Å². The number of Topliss-reactive ketones (excluding diaryl/α,β-unsaturated/α-hetero) is 1. The fourth-order valence-corrected chi connectivity index (χ4v) is 2.34. The molecule has 1 aliphatic carbocycles. The fraction of sp³-hybridized carbons (Fsp3) is 0.667. The fourth-order valence-electron chi connectivity index (χ4n) is 2.34. The third-order valence-electron chi connectivity index (χ3n) is 3.26. The van der Waals surface area contributed by atoms with E-state index in [-0.39, 0.29) is 23.6 Å². The van der Waals surface area contributed by atoms with Gasteiger partial charge in [-0.3, -0.25) is 4.79 Å². The van der Waals surface area contributed by atoms with E-state index in [4.69, 9.17) is 4.74 Å². The predicted octanol–water partition coefficient (Wildman–Crippen LogP) is 1.86. The van der Waals surface area contributed by atoms with Crippen LogP contribution in [-0.2, 0) is 14.3 Å². The number of ketones is 1. The van der Waals surface area contributed by atoms with Crippen molar-refractivity contribution in [3.8, 4) is 0 Å². The molecule has 0 saturated carbocycles. The summed E-state index contributed by atoms with van der Waals surface area (Å²) in [5, 5.41) is 0. The molecule has 0 unspecified atom stereocenters. The summed E-state index contributed by atoms with van der Waals surface area (Å²) in [4.78, 5) is 22.1. The van der Waals surface area contributed by atoms with Gasteiger partial charge in [-0.1, -0.05) is 11.6 Å². The van der Waals surface area contributed by atoms with Crippen LogP contribution in [0.15, 0.2) is 11.6 Å². The Hall–Kier alpha value is -1.12. The van der Waals surface area contributed by atoms with Crippen LogP contribution >= 0.6 is 0 Å². The highest BCUT2D eigenvalue weighted by Gasteiger charge is 2.37. The van der Waals surface area contributed by atoms with Gasteiger partial charge in [0.15, 0.2) is 0 Å². The van der Waals surface area contributed by atoms with Gasteiger partial charge in [0.05, 0.1) is 12.5 Å². The van der Waals surface area contributed by atoms with E-state index in [1.807, 2.05) is 0 Å². The van der Waals surface area contributed by atoms with Gasteiger partial charge < -0.3 is 9.53 Å². The molecule has 1 saturated heterocycles. The smallest absolute Gasteiger partial charge is 0.309 e. The molecule has 3 nitrogen and oxygen atoms in total. The summed E-state index contributed by atoms with van der Waals surface area (Å²) < 4.78 is 5.02. The highest BCUT2D eigenvalue weighted by Crippen LogP contribution is 2.35. The molecule has 1 fully saturated rings. The van der Waals surface area contributed by atoms with E-state index in [0.29, 0.717) is 13.0 Å². The van der Waals surface area contributed by atoms with E-state index in [0.717, 1.165) is 19.3 Å². The van der Waals surface area contributed by atoms with Gasteiger partial charge in [0.25, 0.3) is 0 Å². The van der Waals surface area contributed by atoms with Crippen LogP contribution < -0.4 is 0 Å². The Bertz CT molecular complexity index is 317. The average molecular weight is 208 g/mol. The standard InChI is InChI=1S/C12H16O3/c1-8(13)2-3-9-4-5-11-10(6-9)7-15-12(11)14/h6,10-11H,2-5,7H2,1H3/t10-,11-/m1/s1. The van der Waals surface area contributed by atoms with Crippen LogP contribution in [0.25, 0.3) is 0 Å². The Balaban J connectivity index is 1.96. The molecule has 3 heteroatoms. The second-order valence-corrected chi connectivity index (χ2v) is 4.47. The minimum atomic E-state index is -0.0399. The Morgan fingerprint density at radius 3 is 3.13 bits per heavy atom. The maximum Gasteiger partial charge on any atom is 0.309 e. The van der Waals surface area contributed by atoms with Crippen molar-refractivity contribution in [3.05, 3.63) is 11.6 Å². The molecule has 82 valence electrons. The van der Waals surface area contributed by atoms with Crippen LogP contribution in [0.3, 0.4) is 0 Å². The van der Waals surface area contributed by atoms with Crippen molar-refractivity contribution in [3.63, 3.8) is 0 Å². The Labute approximate surface area is 89.5 Å². The van der Waals surface area contributed by atoms with E-state index in [9.17, 15) is 9.59 Å². The first-order valence-corrected chi connectivity index (χ1v) is 5.52. The molecule has 0 amide bonds. The third-order valence-corrected chi connectivity index (χ3v) is 3.26. The third kappa shape index (κ3) is 2.28. The summed E-state index contributed by atoms with van der Waals surface area (Å²) >= 11 is 0. The topological polar surface area (TPSA) is 43.4 Å². The number of hydrogen-bond acceptors (Lipinski definition) is 3. The van der Waals surface area contributed by atoms with E-state index in [2.05, 4.69) is 6.08 Å². The van der Waals surface area contributed by atoms with Gasteiger partial charge in [-0.15, -0.1) is 0 Å². The number of hydrogen-bond donors (Lipinski definition) is 0. The van der Waals surface area contributed by atoms with E-state index in [1.54, 1.807) is 6.92 Å². The van der Waals surface area contributed by atoms with Gasteiger partial charge in [0.2, 0.25) is 0 Å². The highest BCUT2D eigenvalue weighted by molar-refractivity contribution is 5.76. The summed E-state index contributed by atoms with van der Waals surface area (Å²) in [5.41, 5.74) is 1.32. The highest BCUT2D eigenvalue weighted by atomic mass is 16.5. The number of ether oxygens (including phenoxy) is 1. The summed E-state index contributed by atoms with van der Waals surface area (Å²) in [7, 11) is 0. The summed E-state index contributed by atoms with van der Waals surface area (Å²) in [6.07, 6.45) is 5.48. The maximum absolute atomic E-state index is 11.3. The van der Waals surface area contributed by atoms with E-state index >= 15 is 0 Å². The van der Waals surface area contributed by atoms with Crippen LogP contribution in [0.5, 0.6) is 0 Å². The zero-order valence-electron chi connectivity index (χ0n) is 8.99. The molecule has 0 bridgehead atoms. The molecule has 0 spiro atoms. The number of carbonyl (C=O) groups excluding carboxylic acids is 2. The van der Waals surface area contributed by atoms with Gasteiger partial charge in [-0.2, -0.15) is 0 Å². The lowest BCUT2D eigenvalue weighted by molar-refractivity contribution is -0.141. The van der Waals surface area contributed by atoms with E-state index in [1.165, 1.54) is 5.57 Å². The Morgan fingerprint density at radius 2 is 2.40 bits per heavy atom. The monoisotopic (exact) mass is 208 g/mol. The number of cyclic esters (lactones) is 1. The van der Waals surface area contributed by atoms with Crippen LogP contribution in [-0.4, -0.2) is 18.4 Å². The number of esters is 1. The second kappa shape index (κ2) is 4.17. The lowest BCUT2D eigenvalue weighted by Gasteiger charge is -2.20. The van der Waals surface area contributed by atoms with Gasteiger partial charge in [-0.05, 0) is 26.2 Å². The second-order valence-electron chi connectivity index (χ2n) is 4.47. The van der Waals surface area contributed by atoms with Crippen LogP contribution in [0.2, 0.25) is 0 Å². The average Bonchev–Trinajstić information content (AvgIpc) is 2.57. The molecule has 0 radical (unpaired) electrons. The molecule has 2 rings (SSSR count). The first-order chi connectivity index (χ1) is 7.16. The normalized spacial score (nSPS) is 29.4. The molecular weight excluding hydrogens is 192 g/mol. The zero-order valence-corrected chi connectivity index (χ0v) is 8.99. The van der Waals surface area contributed by atoms with Crippen molar-refractivity contribution in [1.29, 1.82) is 0 Å². The molecule has 2 aliphatic rings. The number of carbonyl (C=O) groups is 2. The number of rotatable bonds is 3. The summed E-state index contributed by atoms with van der Waals surface area (Å²) in [6.45, 7) is 2.15. The lowest BCUT2D eigenvalue weighted by Crippen LogP contribution is -2.18. The molecule has 15 heavy (non-hydrogen) atoms. The van der Waals surface area contributed by atoms with Gasteiger partial charge in [0.1, 0.15) is 5.78 Å². The molecule has 0 aromatic heterocycles. The number of fused-ring (bicyclic) bond motifs is 1. The van der Waals surface area contributed by atoms with Gasteiger partial charge in [-0.25, -0.2) is 0 Å². The van der Waals surface area contributed by atoms with Crippen molar-refractivity contribution >= 4 is 11.8 Å². The minimum Gasteiger partial charge on any atom is -0.465 e.